The molecule has 12 aromatic rings. The van der Waals surface area contributed by atoms with Gasteiger partial charge >= 0.3 is 0 Å². The summed E-state index contributed by atoms with van der Waals surface area (Å²) in [5.41, 5.74) is 13.1. The molecular weight excluding hydrogens is 781 g/mol. The van der Waals surface area contributed by atoms with Gasteiger partial charge in [-0.25, -0.2) is 15.0 Å². The largest absolute Gasteiger partial charge is 0.255 e. The normalized spacial score (nSPS) is 11.4. The Bertz CT molecular complexity index is 3670. The molecule has 0 spiro atoms. The van der Waals surface area contributed by atoms with E-state index in [9.17, 15) is 0 Å². The Morgan fingerprint density at radius 2 is 0.500 bits per heavy atom. The van der Waals surface area contributed by atoms with Crippen molar-refractivity contribution in [3.05, 3.63) is 219 Å². The molecule has 12 rings (SSSR count). The van der Waals surface area contributed by atoms with Crippen molar-refractivity contribution >= 4 is 43.1 Å². The van der Waals surface area contributed by atoms with Crippen molar-refractivity contribution in [1.29, 1.82) is 0 Å². The number of hydrogen-bond acceptors (Lipinski definition) is 6. The lowest BCUT2D eigenvalue weighted by molar-refractivity contribution is 1.25. The fourth-order valence-electron chi connectivity index (χ4n) is 9.29. The fraction of sp³-hybridized carbons (Fsp3) is 0. The number of benzene rings is 6. The molecule has 0 saturated heterocycles. The Morgan fingerprint density at radius 1 is 0.203 bits per heavy atom. The Labute approximate surface area is 369 Å². The van der Waals surface area contributed by atoms with Crippen LogP contribution in [0.3, 0.4) is 0 Å². The van der Waals surface area contributed by atoms with E-state index in [1.807, 2.05) is 91.4 Å². The number of aromatic nitrogens is 6. The molecule has 6 aromatic heterocycles. The summed E-state index contributed by atoms with van der Waals surface area (Å²) in [6.45, 7) is 0. The third-order valence-corrected chi connectivity index (χ3v) is 12.0. The zero-order valence-corrected chi connectivity index (χ0v) is 34.5. The van der Waals surface area contributed by atoms with Gasteiger partial charge < -0.3 is 0 Å². The van der Waals surface area contributed by atoms with Crippen LogP contribution in [0.5, 0.6) is 0 Å². The highest BCUT2D eigenvalue weighted by molar-refractivity contribution is 6.24. The summed E-state index contributed by atoms with van der Waals surface area (Å²) < 4.78 is 0. The van der Waals surface area contributed by atoms with E-state index < -0.39 is 0 Å². The van der Waals surface area contributed by atoms with E-state index in [1.165, 1.54) is 0 Å². The number of fused-ring (bicyclic) bond motifs is 4. The molecule has 0 saturated carbocycles. The van der Waals surface area contributed by atoms with Crippen molar-refractivity contribution in [3.63, 3.8) is 0 Å². The summed E-state index contributed by atoms with van der Waals surface area (Å²) in [6.07, 6.45) is 5.44. The van der Waals surface area contributed by atoms with Crippen molar-refractivity contribution in [2.45, 2.75) is 0 Å². The highest BCUT2D eigenvalue weighted by atomic mass is 14.8. The Balaban J connectivity index is 1.15. The summed E-state index contributed by atoms with van der Waals surface area (Å²) in [7, 11) is 0. The Hall–Kier alpha value is -8.74. The van der Waals surface area contributed by atoms with Crippen LogP contribution in [0.4, 0.5) is 0 Å². The van der Waals surface area contributed by atoms with Crippen LogP contribution < -0.4 is 0 Å². The quantitative estimate of drug-likeness (QED) is 0.149. The van der Waals surface area contributed by atoms with Crippen molar-refractivity contribution in [3.8, 4) is 79.1 Å². The molecule has 0 N–H and O–H groups in total. The van der Waals surface area contributed by atoms with Gasteiger partial charge in [-0.2, -0.15) is 0 Å². The van der Waals surface area contributed by atoms with Crippen molar-refractivity contribution in [2.75, 3.05) is 0 Å². The molecule has 6 heteroatoms. The van der Waals surface area contributed by atoms with E-state index in [2.05, 4.69) is 142 Å². The van der Waals surface area contributed by atoms with Gasteiger partial charge in [-0.05, 0) is 133 Å². The van der Waals surface area contributed by atoms with Crippen LogP contribution in [0.2, 0.25) is 0 Å². The first kappa shape index (κ1) is 37.1. The lowest BCUT2D eigenvalue weighted by Crippen LogP contribution is -1.97. The maximum Gasteiger partial charge on any atom is 0.0893 e. The number of nitrogens with zero attached hydrogens (tertiary/aromatic N) is 6. The molecule has 0 fully saturated rings. The SMILES string of the molecule is c1ccc(-c2cccc(-c3c4ccccc4c(-c4ccc5c(-c6cccc(-c7ccccn7)n6)c6ccccc6c(-c6cccc(-c7ccccn7)n6)c5c4)c4ccccc34)n2)nc1. The molecule has 0 aliphatic heterocycles. The average Bonchev–Trinajstić information content (AvgIpc) is 3.38. The van der Waals surface area contributed by atoms with Crippen molar-refractivity contribution < 1.29 is 0 Å². The van der Waals surface area contributed by atoms with Gasteiger partial charge in [-0.3, -0.25) is 15.0 Å². The molecule has 0 amide bonds. The lowest BCUT2D eigenvalue weighted by Gasteiger charge is -2.20. The van der Waals surface area contributed by atoms with E-state index in [0.717, 1.165) is 122 Å². The third-order valence-electron chi connectivity index (χ3n) is 12.0. The number of hydrogen-bond donors (Lipinski definition) is 0. The zero-order valence-electron chi connectivity index (χ0n) is 34.5. The van der Waals surface area contributed by atoms with Gasteiger partial charge in [-0.15, -0.1) is 0 Å². The van der Waals surface area contributed by atoms with E-state index in [-0.39, 0.29) is 0 Å². The highest BCUT2D eigenvalue weighted by Gasteiger charge is 2.22. The molecule has 0 radical (unpaired) electrons. The summed E-state index contributed by atoms with van der Waals surface area (Å²) >= 11 is 0. The minimum absolute atomic E-state index is 0.814. The van der Waals surface area contributed by atoms with Gasteiger partial charge in [0.2, 0.25) is 0 Å². The summed E-state index contributed by atoms with van der Waals surface area (Å²) in [5.74, 6) is 0. The first-order chi connectivity index (χ1) is 31.8. The van der Waals surface area contributed by atoms with Crippen LogP contribution in [-0.2, 0) is 0 Å². The second-order valence-electron chi connectivity index (χ2n) is 15.8. The van der Waals surface area contributed by atoms with E-state index >= 15 is 0 Å². The minimum Gasteiger partial charge on any atom is -0.255 e. The van der Waals surface area contributed by atoms with Gasteiger partial charge in [0, 0.05) is 35.3 Å². The minimum atomic E-state index is 0.814. The van der Waals surface area contributed by atoms with Gasteiger partial charge in [0.1, 0.15) is 0 Å². The van der Waals surface area contributed by atoms with E-state index in [1.54, 1.807) is 0 Å². The maximum atomic E-state index is 5.35. The molecule has 6 nitrogen and oxygen atoms in total. The van der Waals surface area contributed by atoms with E-state index in [0.29, 0.717) is 0 Å². The van der Waals surface area contributed by atoms with Crippen LogP contribution in [0, 0.1) is 0 Å². The first-order valence-corrected chi connectivity index (χ1v) is 21.4. The summed E-state index contributed by atoms with van der Waals surface area (Å²) in [6, 6.07) is 69.5. The van der Waals surface area contributed by atoms with Gasteiger partial charge in [0.25, 0.3) is 0 Å². The van der Waals surface area contributed by atoms with Crippen molar-refractivity contribution in [2.24, 2.45) is 0 Å². The van der Waals surface area contributed by atoms with Gasteiger partial charge in [0.05, 0.1) is 51.2 Å². The van der Waals surface area contributed by atoms with Gasteiger partial charge in [-0.1, -0.05) is 121 Å². The van der Waals surface area contributed by atoms with Crippen molar-refractivity contribution in [1.82, 2.24) is 29.9 Å². The molecule has 0 atom stereocenters. The first-order valence-electron chi connectivity index (χ1n) is 21.4. The molecule has 0 bridgehead atoms. The zero-order chi connectivity index (χ0) is 42.4. The molecule has 0 unspecified atom stereocenters. The molecule has 0 aliphatic carbocycles. The lowest BCUT2D eigenvalue weighted by atomic mass is 9.84. The van der Waals surface area contributed by atoms with Crippen LogP contribution in [-0.4, -0.2) is 29.9 Å². The fourth-order valence-corrected chi connectivity index (χ4v) is 9.29. The molecule has 298 valence electrons. The third kappa shape index (κ3) is 6.36. The van der Waals surface area contributed by atoms with E-state index in [4.69, 9.17) is 15.0 Å². The average molecular weight is 817 g/mol. The summed E-state index contributed by atoms with van der Waals surface area (Å²) in [4.78, 5) is 29.8. The standard InChI is InChI=1S/C58H36N6/c1-3-18-40-38(16-1)55(39-17-2-4-19-41(39)56(40)52-28-13-25-49(62-52)46-22-7-10-33-59-46)37-31-32-44-45(36-37)58(54-30-15-27-51(64-54)48-24-9-12-35-61-48)43-21-6-5-20-42(43)57(44)53-29-14-26-50(63-53)47-23-8-11-34-60-47/h1-36H. The summed E-state index contributed by atoms with van der Waals surface area (Å²) in [5, 5.41) is 8.86. The van der Waals surface area contributed by atoms with Crippen LogP contribution >= 0.6 is 0 Å². The molecular formula is C58H36N6. The molecule has 6 heterocycles. The molecule has 64 heavy (non-hydrogen) atoms. The number of pyridine rings is 6. The van der Waals surface area contributed by atoms with Gasteiger partial charge in [0.15, 0.2) is 0 Å². The Morgan fingerprint density at radius 3 is 0.859 bits per heavy atom. The second-order valence-corrected chi connectivity index (χ2v) is 15.8. The second kappa shape index (κ2) is 15.6. The molecule has 0 aliphatic rings. The smallest absolute Gasteiger partial charge is 0.0893 e. The van der Waals surface area contributed by atoms with Crippen LogP contribution in [0.25, 0.3) is 122 Å². The predicted octanol–water partition coefficient (Wildman–Crippen LogP) is 14.3. The molecule has 6 aromatic carbocycles. The highest BCUT2D eigenvalue weighted by Crippen LogP contribution is 2.48. The van der Waals surface area contributed by atoms with Crippen LogP contribution in [0.1, 0.15) is 0 Å². The number of rotatable bonds is 7. The Kier molecular flexibility index (Phi) is 9.05. The predicted molar refractivity (Wildman–Crippen MR) is 261 cm³/mol. The van der Waals surface area contributed by atoms with Crippen LogP contribution in [0.15, 0.2) is 219 Å². The maximum absolute atomic E-state index is 5.35. The topological polar surface area (TPSA) is 77.3 Å². The monoisotopic (exact) mass is 816 g/mol.